The monoisotopic (exact) mass is 440 g/mol. The third-order valence-corrected chi connectivity index (χ3v) is 6.64. The number of allylic oxidation sites excluding steroid dienone is 1. The molecule has 9 heteroatoms. The Hall–Kier alpha value is -2.91. The van der Waals surface area contributed by atoms with Crippen LogP contribution in [-0.2, 0) is 22.7 Å². The van der Waals surface area contributed by atoms with Crippen LogP contribution in [0, 0.1) is 27.7 Å². The van der Waals surface area contributed by atoms with Crippen molar-refractivity contribution in [3.05, 3.63) is 50.1 Å². The van der Waals surface area contributed by atoms with E-state index < -0.39 is 5.54 Å². The number of hydrogen-bond donors (Lipinski definition) is 3. The lowest BCUT2D eigenvalue weighted by molar-refractivity contribution is -0.129. The fourth-order valence-corrected chi connectivity index (χ4v) is 4.62. The second kappa shape index (κ2) is 9.07. The average molecular weight is 441 g/mol. The first-order chi connectivity index (χ1) is 14.6. The van der Waals surface area contributed by atoms with Gasteiger partial charge in [-0.2, -0.15) is 0 Å². The molecule has 1 aliphatic rings. The van der Waals surface area contributed by atoms with Gasteiger partial charge in [0.15, 0.2) is 0 Å². The number of carbonyl (C=O) groups is 2. The van der Waals surface area contributed by atoms with Crippen molar-refractivity contribution in [3.63, 3.8) is 0 Å². The molecule has 0 bridgehead atoms. The number of hydrogen-bond acceptors (Lipinski definition) is 7. The molecule has 31 heavy (non-hydrogen) atoms. The highest BCUT2D eigenvalue weighted by atomic mass is 32.1. The molecule has 8 nitrogen and oxygen atoms in total. The first kappa shape index (κ1) is 22.8. The smallest absolute Gasteiger partial charge is 0.270 e. The maximum Gasteiger partial charge on any atom is 0.270 e. The molecule has 1 aliphatic heterocycles. The van der Waals surface area contributed by atoms with Crippen molar-refractivity contribution in [2.75, 3.05) is 5.73 Å². The van der Waals surface area contributed by atoms with E-state index in [0.29, 0.717) is 18.9 Å². The van der Waals surface area contributed by atoms with Crippen molar-refractivity contribution in [2.24, 2.45) is 4.99 Å². The van der Waals surface area contributed by atoms with E-state index in [1.807, 2.05) is 34.6 Å². The number of aliphatic imine (C=N–C) groups is 1. The first-order valence-corrected chi connectivity index (χ1v) is 10.9. The summed E-state index contributed by atoms with van der Waals surface area (Å²) in [5, 5.41) is 7.20. The van der Waals surface area contributed by atoms with Crippen molar-refractivity contribution in [3.8, 4) is 0 Å². The summed E-state index contributed by atoms with van der Waals surface area (Å²) in [7, 11) is 0. The fourth-order valence-electron chi connectivity index (χ4n) is 3.74. The highest BCUT2D eigenvalue weighted by Gasteiger charge is 2.43. The minimum Gasteiger partial charge on any atom is -0.384 e. The quantitative estimate of drug-likeness (QED) is 0.608. The third kappa shape index (κ3) is 4.88. The van der Waals surface area contributed by atoms with Gasteiger partial charge in [-0.15, -0.1) is 11.3 Å². The van der Waals surface area contributed by atoms with Crippen LogP contribution in [0.15, 0.2) is 22.7 Å². The molecule has 0 aromatic carbocycles. The van der Waals surface area contributed by atoms with Crippen LogP contribution in [0.25, 0.3) is 0 Å². The standard InChI is InChI=1S/C22H28N6O2S/c1-12-8-19(23)28-14(3)17(12)10-25-20(29)9-22(13(2)6-7-24-21(22)30)26-11-18-15(4)27-16(5)31-18/h6-8,26H,9-11H2,1-5H3,(H2,23,28)(H,25,29). The van der Waals surface area contributed by atoms with Gasteiger partial charge in [-0.05, 0) is 63.5 Å². The molecule has 0 fully saturated rings. The highest BCUT2D eigenvalue weighted by molar-refractivity contribution is 7.11. The van der Waals surface area contributed by atoms with Crippen LogP contribution in [-0.4, -0.2) is 33.5 Å². The number of nitrogens with one attached hydrogen (secondary N) is 2. The Labute approximate surface area is 186 Å². The molecular formula is C22H28N6O2S. The van der Waals surface area contributed by atoms with Crippen LogP contribution < -0.4 is 16.4 Å². The third-order valence-electron chi connectivity index (χ3n) is 5.57. The van der Waals surface area contributed by atoms with E-state index in [0.717, 1.165) is 38.0 Å². The van der Waals surface area contributed by atoms with E-state index in [1.165, 1.54) is 6.21 Å². The summed E-state index contributed by atoms with van der Waals surface area (Å²) >= 11 is 1.57. The SMILES string of the molecule is CC1=CC=NC(=O)C1(CC(=O)NCc1c(C)cc(N)nc1C)NCc1sc(C)nc1C. The molecule has 0 radical (unpaired) electrons. The number of rotatable bonds is 7. The Kier molecular flexibility index (Phi) is 6.66. The number of aromatic nitrogens is 2. The Bertz CT molecular complexity index is 1060. The fraction of sp³-hybridized carbons (Fsp3) is 0.409. The van der Waals surface area contributed by atoms with Gasteiger partial charge < -0.3 is 11.1 Å². The van der Waals surface area contributed by atoms with Gasteiger partial charge in [0, 0.05) is 29.9 Å². The summed E-state index contributed by atoms with van der Waals surface area (Å²) in [5.41, 5.74) is 8.92. The van der Waals surface area contributed by atoms with Gasteiger partial charge in [0.2, 0.25) is 5.91 Å². The van der Waals surface area contributed by atoms with E-state index >= 15 is 0 Å². The lowest BCUT2D eigenvalue weighted by Crippen LogP contribution is -2.55. The number of nitrogens with two attached hydrogens (primary N) is 1. The van der Waals surface area contributed by atoms with Crippen LogP contribution >= 0.6 is 11.3 Å². The van der Waals surface area contributed by atoms with Crippen molar-refractivity contribution in [1.82, 2.24) is 20.6 Å². The van der Waals surface area contributed by atoms with E-state index in [2.05, 4.69) is 25.6 Å². The van der Waals surface area contributed by atoms with Gasteiger partial charge in [-0.3, -0.25) is 14.9 Å². The highest BCUT2D eigenvalue weighted by Crippen LogP contribution is 2.27. The molecule has 2 amide bonds. The molecule has 0 saturated carbocycles. The molecule has 1 unspecified atom stereocenters. The molecule has 4 N–H and O–H groups in total. The molecule has 0 aliphatic carbocycles. The zero-order chi connectivity index (χ0) is 22.8. The summed E-state index contributed by atoms with van der Waals surface area (Å²) in [6, 6.07) is 1.78. The molecule has 2 aromatic heterocycles. The van der Waals surface area contributed by atoms with Crippen LogP contribution in [0.1, 0.15) is 45.7 Å². The number of dihydropyridines is 1. The second-order valence-corrected chi connectivity index (χ2v) is 9.10. The molecular weight excluding hydrogens is 412 g/mol. The number of carbonyl (C=O) groups excluding carboxylic acids is 2. The predicted molar refractivity (Wildman–Crippen MR) is 123 cm³/mol. The van der Waals surface area contributed by atoms with Crippen LogP contribution in [0.2, 0.25) is 0 Å². The van der Waals surface area contributed by atoms with E-state index in [4.69, 9.17) is 5.73 Å². The number of nitrogens with zero attached hydrogens (tertiary/aromatic N) is 3. The lowest BCUT2D eigenvalue weighted by atomic mass is 9.84. The van der Waals surface area contributed by atoms with Gasteiger partial charge in [-0.25, -0.2) is 15.0 Å². The first-order valence-electron chi connectivity index (χ1n) is 10.1. The van der Waals surface area contributed by atoms with Crippen molar-refractivity contribution < 1.29 is 9.59 Å². The predicted octanol–water partition coefficient (Wildman–Crippen LogP) is 2.45. The second-order valence-electron chi connectivity index (χ2n) is 7.81. The Morgan fingerprint density at radius 1 is 1.13 bits per heavy atom. The molecule has 3 heterocycles. The number of pyridine rings is 1. The molecule has 1 atom stereocenters. The Morgan fingerprint density at radius 3 is 2.48 bits per heavy atom. The minimum absolute atomic E-state index is 0.0527. The summed E-state index contributed by atoms with van der Waals surface area (Å²) in [6.45, 7) is 10.3. The van der Waals surface area contributed by atoms with Gasteiger partial charge in [0.25, 0.3) is 5.91 Å². The number of nitrogen functional groups attached to an aromatic ring is 1. The van der Waals surface area contributed by atoms with Gasteiger partial charge in [0.05, 0.1) is 17.1 Å². The largest absolute Gasteiger partial charge is 0.384 e. The summed E-state index contributed by atoms with van der Waals surface area (Å²) in [5.74, 6) is -0.171. The molecule has 3 rings (SSSR count). The zero-order valence-electron chi connectivity index (χ0n) is 18.5. The Morgan fingerprint density at radius 2 is 1.87 bits per heavy atom. The molecule has 0 saturated heterocycles. The lowest BCUT2D eigenvalue weighted by Gasteiger charge is -2.33. The van der Waals surface area contributed by atoms with E-state index in [9.17, 15) is 9.59 Å². The maximum absolute atomic E-state index is 12.9. The topological polar surface area (TPSA) is 122 Å². The van der Waals surface area contributed by atoms with Gasteiger partial charge >= 0.3 is 0 Å². The van der Waals surface area contributed by atoms with Crippen LogP contribution in [0.3, 0.4) is 0 Å². The molecule has 164 valence electrons. The van der Waals surface area contributed by atoms with Crippen molar-refractivity contribution in [1.29, 1.82) is 0 Å². The normalized spacial score (nSPS) is 18.2. The van der Waals surface area contributed by atoms with E-state index in [1.54, 1.807) is 23.5 Å². The number of aryl methyl sites for hydroxylation is 4. The number of anilines is 1. The summed E-state index contributed by atoms with van der Waals surface area (Å²) in [6.07, 6.45) is 3.19. The Balaban J connectivity index is 1.77. The molecule has 0 spiro atoms. The minimum atomic E-state index is -1.19. The van der Waals surface area contributed by atoms with Gasteiger partial charge in [-0.1, -0.05) is 0 Å². The average Bonchev–Trinajstić information content (AvgIpc) is 3.00. The van der Waals surface area contributed by atoms with Crippen LogP contribution in [0.5, 0.6) is 0 Å². The van der Waals surface area contributed by atoms with Crippen molar-refractivity contribution >= 4 is 35.2 Å². The summed E-state index contributed by atoms with van der Waals surface area (Å²) in [4.78, 5) is 39.5. The summed E-state index contributed by atoms with van der Waals surface area (Å²) < 4.78 is 0. The maximum atomic E-state index is 12.9. The van der Waals surface area contributed by atoms with Gasteiger partial charge in [0.1, 0.15) is 11.4 Å². The van der Waals surface area contributed by atoms with Crippen molar-refractivity contribution in [2.45, 2.75) is 59.7 Å². The zero-order valence-corrected chi connectivity index (χ0v) is 19.3. The molecule has 2 aromatic rings. The van der Waals surface area contributed by atoms with E-state index in [-0.39, 0.29) is 18.2 Å². The number of thiazole rings is 1. The number of amides is 2. The van der Waals surface area contributed by atoms with Crippen LogP contribution in [0.4, 0.5) is 5.82 Å².